The van der Waals surface area contributed by atoms with Gasteiger partial charge in [0, 0.05) is 24.5 Å². The molecule has 0 aliphatic heterocycles. The summed E-state index contributed by atoms with van der Waals surface area (Å²) in [6.45, 7) is 0. The third-order valence-electron chi connectivity index (χ3n) is 2.30. The summed E-state index contributed by atoms with van der Waals surface area (Å²) in [5, 5.41) is 27.8. The fourth-order valence-electron chi connectivity index (χ4n) is 1.53. The normalized spacial score (nSPS) is 12.2. The lowest BCUT2D eigenvalue weighted by Gasteiger charge is -2.17. The predicted octanol–water partition coefficient (Wildman–Crippen LogP) is 1.45. The number of rotatable bonds is 5. The third kappa shape index (κ3) is 3.16. The number of carbonyl (C=O) groups is 1. The summed E-state index contributed by atoms with van der Waals surface area (Å²) in [5.41, 5.74) is 0. The van der Waals surface area contributed by atoms with E-state index >= 15 is 0 Å². The summed E-state index contributed by atoms with van der Waals surface area (Å²) >= 11 is 1.04. The van der Waals surface area contributed by atoms with E-state index in [4.69, 9.17) is 5.11 Å². The number of hydrogen-bond donors (Lipinski definition) is 3. The Morgan fingerprint density at radius 2 is 1.84 bits per heavy atom. The highest BCUT2D eigenvalue weighted by atomic mass is 32.2. The molecule has 1 atom stereocenters. The number of hydrogen-bond acceptors (Lipinski definition) is 6. The predicted molar refractivity (Wildman–Crippen MR) is 66.9 cm³/mol. The Labute approximate surface area is 112 Å². The maximum atomic E-state index is 10.9. The van der Waals surface area contributed by atoms with Gasteiger partial charge in [-0.3, -0.25) is 9.36 Å². The van der Waals surface area contributed by atoms with Crippen LogP contribution in [-0.4, -0.2) is 35.8 Å². The van der Waals surface area contributed by atoms with Crippen LogP contribution in [0.4, 0.5) is 0 Å². The van der Waals surface area contributed by atoms with Crippen LogP contribution >= 0.6 is 11.8 Å². The zero-order valence-corrected chi connectivity index (χ0v) is 10.5. The van der Waals surface area contributed by atoms with Crippen molar-refractivity contribution in [3.05, 3.63) is 30.6 Å². The Kier molecular flexibility index (Phi) is 3.91. The molecule has 100 valence electrons. The van der Waals surface area contributed by atoms with Gasteiger partial charge >= 0.3 is 5.97 Å². The van der Waals surface area contributed by atoms with Crippen LogP contribution in [0.15, 0.2) is 35.7 Å². The fourth-order valence-corrected chi connectivity index (χ4v) is 2.56. The number of carboxylic acid groups (broad SMARTS) is 1. The van der Waals surface area contributed by atoms with Crippen LogP contribution in [0.2, 0.25) is 0 Å². The molecule has 2 aromatic rings. The highest BCUT2D eigenvalue weighted by Crippen LogP contribution is 2.38. The second-order valence-electron chi connectivity index (χ2n) is 3.62. The molecule has 0 saturated carbocycles. The highest BCUT2D eigenvalue weighted by Gasteiger charge is 2.22. The first-order valence-corrected chi connectivity index (χ1v) is 6.20. The van der Waals surface area contributed by atoms with Crippen molar-refractivity contribution in [2.24, 2.45) is 0 Å². The maximum absolute atomic E-state index is 10.9. The molecule has 2 heterocycles. The van der Waals surface area contributed by atoms with Crippen molar-refractivity contribution < 1.29 is 20.1 Å². The largest absolute Gasteiger partial charge is 0.494 e. The Morgan fingerprint density at radius 3 is 2.37 bits per heavy atom. The summed E-state index contributed by atoms with van der Waals surface area (Å²) < 4.78 is 1.12. The molecule has 3 N–H and O–H groups in total. The minimum Gasteiger partial charge on any atom is -0.494 e. The molecule has 0 aromatic carbocycles. The second kappa shape index (κ2) is 5.61. The molecular weight excluding hydrogens is 270 g/mol. The standard InChI is InChI=1S/C11H11N3O4S/c15-7-2-3-8(16)14(7)9(6-10(17)18)19-11-12-4-1-5-13-11/h1-5,9,15-16H,6H2,(H,17,18). The van der Waals surface area contributed by atoms with Crippen molar-refractivity contribution in [1.82, 2.24) is 14.5 Å². The molecule has 0 aliphatic carbocycles. The third-order valence-corrected chi connectivity index (χ3v) is 3.37. The van der Waals surface area contributed by atoms with Gasteiger partial charge in [-0.25, -0.2) is 9.97 Å². The smallest absolute Gasteiger partial charge is 0.306 e. The van der Waals surface area contributed by atoms with Crippen LogP contribution in [0.5, 0.6) is 11.8 Å². The molecule has 0 aliphatic rings. The molecule has 0 spiro atoms. The van der Waals surface area contributed by atoms with Crippen molar-refractivity contribution in [2.75, 3.05) is 0 Å². The molecule has 8 heteroatoms. The van der Waals surface area contributed by atoms with Crippen molar-refractivity contribution >= 4 is 17.7 Å². The van der Waals surface area contributed by atoms with Crippen molar-refractivity contribution in [3.63, 3.8) is 0 Å². The topological polar surface area (TPSA) is 108 Å². The van der Waals surface area contributed by atoms with E-state index in [1.165, 1.54) is 24.5 Å². The van der Waals surface area contributed by atoms with Gasteiger partial charge in [0.15, 0.2) is 16.9 Å². The fraction of sp³-hybridized carbons (Fsp3) is 0.182. The lowest BCUT2D eigenvalue weighted by molar-refractivity contribution is -0.137. The average Bonchev–Trinajstić information content (AvgIpc) is 2.69. The molecule has 0 saturated heterocycles. The quantitative estimate of drug-likeness (QED) is 0.562. The molecule has 1 unspecified atom stereocenters. The molecular formula is C11H11N3O4S. The monoisotopic (exact) mass is 281 g/mol. The van der Waals surface area contributed by atoms with Gasteiger partial charge in [-0.2, -0.15) is 0 Å². The average molecular weight is 281 g/mol. The molecule has 2 rings (SSSR count). The lowest BCUT2D eigenvalue weighted by Crippen LogP contribution is -2.10. The van der Waals surface area contributed by atoms with Gasteiger partial charge in [0.1, 0.15) is 5.37 Å². The Balaban J connectivity index is 2.29. The minimum absolute atomic E-state index is 0.216. The number of aromatic nitrogens is 3. The van der Waals surface area contributed by atoms with Crippen LogP contribution < -0.4 is 0 Å². The first kappa shape index (κ1) is 13.2. The summed E-state index contributed by atoms with van der Waals surface area (Å²) in [4.78, 5) is 18.8. The number of carboxylic acids is 1. The number of aliphatic carboxylic acids is 1. The summed E-state index contributed by atoms with van der Waals surface area (Å²) in [5.74, 6) is -1.49. The zero-order chi connectivity index (χ0) is 13.8. The van der Waals surface area contributed by atoms with Gasteiger partial charge in [-0.05, 0) is 6.07 Å². The van der Waals surface area contributed by atoms with E-state index in [2.05, 4.69) is 9.97 Å². The van der Waals surface area contributed by atoms with Gasteiger partial charge in [0.2, 0.25) is 0 Å². The van der Waals surface area contributed by atoms with Crippen LogP contribution in [0.25, 0.3) is 0 Å². The van der Waals surface area contributed by atoms with Crippen LogP contribution in [-0.2, 0) is 4.79 Å². The van der Waals surface area contributed by atoms with E-state index in [0.29, 0.717) is 5.16 Å². The number of nitrogens with zero attached hydrogens (tertiary/aromatic N) is 3. The highest BCUT2D eigenvalue weighted by molar-refractivity contribution is 7.99. The van der Waals surface area contributed by atoms with Gasteiger partial charge in [0.05, 0.1) is 6.42 Å². The summed E-state index contributed by atoms with van der Waals surface area (Å²) in [6, 6.07) is 4.22. The summed E-state index contributed by atoms with van der Waals surface area (Å²) in [6.07, 6.45) is 2.77. The van der Waals surface area contributed by atoms with E-state index in [-0.39, 0.29) is 18.2 Å². The van der Waals surface area contributed by atoms with E-state index < -0.39 is 11.3 Å². The Hall–Kier alpha value is -2.22. The molecule has 0 fully saturated rings. The second-order valence-corrected chi connectivity index (χ2v) is 4.77. The Bertz CT molecular complexity index is 553. The van der Waals surface area contributed by atoms with Crippen LogP contribution in [0.1, 0.15) is 11.8 Å². The van der Waals surface area contributed by atoms with Crippen molar-refractivity contribution in [2.45, 2.75) is 17.0 Å². The van der Waals surface area contributed by atoms with Crippen molar-refractivity contribution in [3.8, 4) is 11.8 Å². The van der Waals surface area contributed by atoms with Gasteiger partial charge in [-0.1, -0.05) is 11.8 Å². The first-order valence-electron chi connectivity index (χ1n) is 5.32. The van der Waals surface area contributed by atoms with Crippen molar-refractivity contribution in [1.29, 1.82) is 0 Å². The minimum atomic E-state index is -1.05. The van der Waals surface area contributed by atoms with Gasteiger partial charge in [-0.15, -0.1) is 0 Å². The van der Waals surface area contributed by atoms with Gasteiger partial charge < -0.3 is 15.3 Å². The molecule has 19 heavy (non-hydrogen) atoms. The van der Waals surface area contributed by atoms with Gasteiger partial charge in [0.25, 0.3) is 0 Å². The number of aromatic hydroxyl groups is 2. The molecule has 0 amide bonds. The number of thioether (sulfide) groups is 1. The zero-order valence-electron chi connectivity index (χ0n) is 9.67. The van der Waals surface area contributed by atoms with E-state index in [9.17, 15) is 15.0 Å². The molecule has 0 bridgehead atoms. The maximum Gasteiger partial charge on any atom is 0.306 e. The van der Waals surface area contributed by atoms with Crippen LogP contribution in [0, 0.1) is 0 Å². The first-order chi connectivity index (χ1) is 9.08. The van der Waals surface area contributed by atoms with E-state index in [1.54, 1.807) is 6.07 Å². The molecule has 0 radical (unpaired) electrons. The molecule has 7 nitrogen and oxygen atoms in total. The SMILES string of the molecule is O=C(O)CC(Sc1ncccn1)n1c(O)ccc1O. The molecule has 2 aromatic heterocycles. The van der Waals surface area contributed by atoms with E-state index in [0.717, 1.165) is 16.3 Å². The lowest BCUT2D eigenvalue weighted by atomic mass is 10.4. The Morgan fingerprint density at radius 1 is 1.26 bits per heavy atom. The van der Waals surface area contributed by atoms with Crippen LogP contribution in [0.3, 0.4) is 0 Å². The van der Waals surface area contributed by atoms with E-state index in [1.807, 2.05) is 0 Å². The summed E-state index contributed by atoms with van der Waals surface area (Å²) in [7, 11) is 0.